The van der Waals surface area contributed by atoms with E-state index in [0.29, 0.717) is 0 Å². The molecule has 1 aliphatic carbocycles. The molecule has 0 radical (unpaired) electrons. The van der Waals surface area contributed by atoms with Crippen LogP contribution in [0, 0.1) is 11.8 Å². The molecule has 0 aliphatic heterocycles. The van der Waals surface area contributed by atoms with E-state index in [9.17, 15) is 0 Å². The molecule has 0 saturated carbocycles. The second-order valence-electron chi connectivity index (χ2n) is 3.81. The van der Waals surface area contributed by atoms with Gasteiger partial charge in [-0.3, -0.25) is 0 Å². The first-order valence-electron chi connectivity index (χ1n) is 5.16. The Balaban J connectivity index is 2.25. The lowest BCUT2D eigenvalue weighted by Crippen LogP contribution is -2.04. The van der Waals surface area contributed by atoms with E-state index in [1.807, 2.05) is 0 Å². The summed E-state index contributed by atoms with van der Waals surface area (Å²) in [7, 11) is 0. The van der Waals surface area contributed by atoms with Gasteiger partial charge < -0.3 is 0 Å². The maximum Gasteiger partial charge on any atom is -0.0199 e. The molecule has 68 valence electrons. The molecule has 12 heavy (non-hydrogen) atoms. The molecule has 1 aliphatic rings. The smallest absolute Gasteiger partial charge is 0.0199 e. The molecule has 0 nitrogen and oxygen atoms in total. The monoisotopic (exact) mass is 164 g/mol. The van der Waals surface area contributed by atoms with E-state index >= 15 is 0 Å². The lowest BCUT2D eigenvalue weighted by Gasteiger charge is -2.18. The number of allylic oxidation sites excluding steroid dienone is 4. The van der Waals surface area contributed by atoms with Crippen LogP contribution in [0.5, 0.6) is 0 Å². The van der Waals surface area contributed by atoms with E-state index in [1.54, 1.807) is 0 Å². The molecule has 0 aromatic rings. The quantitative estimate of drug-likeness (QED) is 0.554. The van der Waals surface area contributed by atoms with Crippen molar-refractivity contribution in [1.29, 1.82) is 0 Å². The summed E-state index contributed by atoms with van der Waals surface area (Å²) in [4.78, 5) is 0. The number of hydrogen-bond donors (Lipinski definition) is 0. The Labute approximate surface area is 76.4 Å². The van der Waals surface area contributed by atoms with Crippen molar-refractivity contribution >= 4 is 0 Å². The fourth-order valence-corrected chi connectivity index (χ4v) is 1.65. The van der Waals surface area contributed by atoms with Crippen molar-refractivity contribution in [3.63, 3.8) is 0 Å². The second-order valence-corrected chi connectivity index (χ2v) is 3.81. The molecule has 1 rings (SSSR count). The minimum Gasteiger partial charge on any atom is -0.0888 e. The molecular weight excluding hydrogens is 144 g/mol. The molecule has 0 heteroatoms. The highest BCUT2D eigenvalue weighted by molar-refractivity contribution is 4.99. The van der Waals surface area contributed by atoms with Gasteiger partial charge in [-0.25, -0.2) is 0 Å². The maximum absolute atomic E-state index is 2.40. The molecule has 0 aromatic heterocycles. The number of rotatable bonds is 3. The minimum atomic E-state index is 0.816. The van der Waals surface area contributed by atoms with Crippen LogP contribution >= 0.6 is 0 Å². The van der Waals surface area contributed by atoms with Crippen LogP contribution in [-0.4, -0.2) is 0 Å². The van der Waals surface area contributed by atoms with Crippen molar-refractivity contribution in [2.24, 2.45) is 11.8 Å². The van der Waals surface area contributed by atoms with Gasteiger partial charge in [-0.2, -0.15) is 0 Å². The van der Waals surface area contributed by atoms with Crippen molar-refractivity contribution in [1.82, 2.24) is 0 Å². The van der Waals surface area contributed by atoms with Crippen LogP contribution in [-0.2, 0) is 0 Å². The lowest BCUT2D eigenvalue weighted by atomic mass is 9.88. The van der Waals surface area contributed by atoms with Gasteiger partial charge in [0.2, 0.25) is 0 Å². The fourth-order valence-electron chi connectivity index (χ4n) is 1.65. The van der Waals surface area contributed by atoms with Gasteiger partial charge in [0, 0.05) is 0 Å². The van der Waals surface area contributed by atoms with E-state index in [0.717, 1.165) is 11.8 Å². The van der Waals surface area contributed by atoms with E-state index in [-0.39, 0.29) is 0 Å². The van der Waals surface area contributed by atoms with Crippen molar-refractivity contribution < 1.29 is 0 Å². The van der Waals surface area contributed by atoms with Crippen LogP contribution in [0.1, 0.15) is 39.5 Å². The van der Waals surface area contributed by atoms with Crippen molar-refractivity contribution in [2.45, 2.75) is 39.5 Å². The van der Waals surface area contributed by atoms with Crippen LogP contribution in [0.25, 0.3) is 0 Å². The molecule has 2 atom stereocenters. The van der Waals surface area contributed by atoms with Crippen molar-refractivity contribution in [3.05, 3.63) is 24.3 Å². The van der Waals surface area contributed by atoms with Crippen LogP contribution in [0.2, 0.25) is 0 Å². The van der Waals surface area contributed by atoms with Gasteiger partial charge in [0.1, 0.15) is 0 Å². The Morgan fingerprint density at radius 3 is 2.67 bits per heavy atom. The van der Waals surface area contributed by atoms with E-state index < -0.39 is 0 Å². The Morgan fingerprint density at radius 1 is 1.25 bits per heavy atom. The molecule has 0 bridgehead atoms. The van der Waals surface area contributed by atoms with Gasteiger partial charge in [-0.05, 0) is 37.5 Å². The van der Waals surface area contributed by atoms with Gasteiger partial charge >= 0.3 is 0 Å². The van der Waals surface area contributed by atoms with Crippen LogP contribution in [0.4, 0.5) is 0 Å². The zero-order valence-corrected chi connectivity index (χ0v) is 8.29. The molecule has 0 heterocycles. The zero-order chi connectivity index (χ0) is 8.81. The third-order valence-electron chi connectivity index (χ3n) is 2.55. The third-order valence-corrected chi connectivity index (χ3v) is 2.55. The Bertz CT molecular complexity index is 165. The average molecular weight is 164 g/mol. The Morgan fingerprint density at radius 2 is 2.08 bits per heavy atom. The predicted octanol–water partition coefficient (Wildman–Crippen LogP) is 3.95. The second kappa shape index (κ2) is 5.18. The predicted molar refractivity (Wildman–Crippen MR) is 55.1 cm³/mol. The first-order valence-corrected chi connectivity index (χ1v) is 5.16. The summed E-state index contributed by atoms with van der Waals surface area (Å²) in [6.07, 6.45) is 14.5. The molecule has 0 spiro atoms. The molecule has 2 unspecified atom stereocenters. The van der Waals surface area contributed by atoms with Gasteiger partial charge in [-0.15, -0.1) is 0 Å². The largest absolute Gasteiger partial charge is 0.0888 e. The SMILES string of the molecule is CCC=CCC1C=CC(C)CC1. The molecule has 0 fully saturated rings. The molecule has 0 amide bonds. The number of hydrogen-bond acceptors (Lipinski definition) is 0. The van der Waals surface area contributed by atoms with E-state index in [2.05, 4.69) is 38.2 Å². The summed E-state index contributed by atoms with van der Waals surface area (Å²) < 4.78 is 0. The van der Waals surface area contributed by atoms with Crippen LogP contribution < -0.4 is 0 Å². The van der Waals surface area contributed by atoms with E-state index in [4.69, 9.17) is 0 Å². The normalized spacial score (nSPS) is 29.8. The molecule has 0 saturated heterocycles. The minimum absolute atomic E-state index is 0.816. The molecule has 0 aromatic carbocycles. The van der Waals surface area contributed by atoms with Gasteiger partial charge in [-0.1, -0.05) is 38.2 Å². The van der Waals surface area contributed by atoms with E-state index in [1.165, 1.54) is 25.7 Å². The highest BCUT2D eigenvalue weighted by Gasteiger charge is 2.10. The summed E-state index contributed by atoms with van der Waals surface area (Å²) >= 11 is 0. The van der Waals surface area contributed by atoms with Crippen molar-refractivity contribution in [2.75, 3.05) is 0 Å². The highest BCUT2D eigenvalue weighted by atomic mass is 14.2. The van der Waals surface area contributed by atoms with Crippen LogP contribution in [0.3, 0.4) is 0 Å². The summed E-state index contributed by atoms with van der Waals surface area (Å²) in [6.45, 7) is 4.49. The third kappa shape index (κ3) is 3.25. The molecular formula is C12H20. The molecule has 0 N–H and O–H groups in total. The topological polar surface area (TPSA) is 0 Å². The van der Waals surface area contributed by atoms with Gasteiger partial charge in [0.15, 0.2) is 0 Å². The highest BCUT2D eigenvalue weighted by Crippen LogP contribution is 2.24. The first-order chi connectivity index (χ1) is 5.83. The Kier molecular flexibility index (Phi) is 4.13. The van der Waals surface area contributed by atoms with Crippen molar-refractivity contribution in [3.8, 4) is 0 Å². The standard InChI is InChI=1S/C12H20/c1-3-4-5-6-12-9-7-11(2)8-10-12/h4-5,7,9,11-12H,3,6,8,10H2,1-2H3. The van der Waals surface area contributed by atoms with Gasteiger partial charge in [0.05, 0.1) is 0 Å². The summed E-state index contributed by atoms with van der Waals surface area (Å²) in [6, 6.07) is 0. The fraction of sp³-hybridized carbons (Fsp3) is 0.667. The first kappa shape index (κ1) is 9.57. The zero-order valence-electron chi connectivity index (χ0n) is 8.29. The summed E-state index contributed by atoms with van der Waals surface area (Å²) in [5.74, 6) is 1.64. The summed E-state index contributed by atoms with van der Waals surface area (Å²) in [5.41, 5.74) is 0. The lowest BCUT2D eigenvalue weighted by molar-refractivity contribution is 0.479. The Hall–Kier alpha value is -0.520. The van der Waals surface area contributed by atoms with Crippen LogP contribution in [0.15, 0.2) is 24.3 Å². The maximum atomic E-state index is 2.40. The summed E-state index contributed by atoms with van der Waals surface area (Å²) in [5, 5.41) is 0. The van der Waals surface area contributed by atoms with Gasteiger partial charge in [0.25, 0.3) is 0 Å². The average Bonchev–Trinajstić information content (AvgIpc) is 2.09.